The standard InChI is InChI=1S/C77H150O17P2/c1-9-69(7)55-47-39-31-25-21-17-14-15-18-22-26-32-41-49-57-74(79)87-63-72(93-76(81)59-51-43-33-27-23-19-13-11-12-16-20-24-29-37-45-53-67(3)4)65-91-95(83,84)89-61-71(78)62-90-96(85,86)92-66-73(94-77(82)60-52-44-36-35-40-48-56-70(8)10-2)64-88-75(80)58-50-42-34-28-30-38-46-54-68(5)6/h67-73,78H,9-66H2,1-8H3,(H,83,84)(H,85,86)/t69?,70?,71?,72-,73-/m1/s1. The molecule has 0 rings (SSSR count). The molecule has 0 aromatic heterocycles. The molecule has 0 aliphatic heterocycles. The fraction of sp³-hybridized carbons (Fsp3) is 0.948. The van der Waals surface area contributed by atoms with Gasteiger partial charge in [0.25, 0.3) is 0 Å². The quantitative estimate of drug-likeness (QED) is 0.0222. The van der Waals surface area contributed by atoms with Crippen LogP contribution in [0.25, 0.3) is 0 Å². The Bertz CT molecular complexity index is 1890. The minimum Gasteiger partial charge on any atom is -0.462 e. The highest BCUT2D eigenvalue weighted by atomic mass is 31.2. The van der Waals surface area contributed by atoms with Crippen LogP contribution in [0.4, 0.5) is 0 Å². The predicted octanol–water partition coefficient (Wildman–Crippen LogP) is 22.4. The normalized spacial score (nSPS) is 14.7. The van der Waals surface area contributed by atoms with Gasteiger partial charge in [0.2, 0.25) is 0 Å². The number of phosphoric ester groups is 2. The second kappa shape index (κ2) is 66.3. The van der Waals surface area contributed by atoms with Gasteiger partial charge in [0.05, 0.1) is 26.4 Å². The first-order valence-electron chi connectivity index (χ1n) is 39.8. The van der Waals surface area contributed by atoms with Crippen molar-refractivity contribution in [3.8, 4) is 0 Å². The number of aliphatic hydroxyl groups is 1. The van der Waals surface area contributed by atoms with Gasteiger partial charge >= 0.3 is 39.5 Å². The van der Waals surface area contributed by atoms with Crippen LogP contribution in [-0.2, 0) is 65.4 Å². The third kappa shape index (κ3) is 67.9. The van der Waals surface area contributed by atoms with E-state index in [1.165, 1.54) is 186 Å². The fourth-order valence-corrected chi connectivity index (χ4v) is 13.2. The van der Waals surface area contributed by atoms with Crippen LogP contribution in [0.1, 0.15) is 389 Å². The van der Waals surface area contributed by atoms with Crippen LogP contribution in [0.5, 0.6) is 0 Å². The summed E-state index contributed by atoms with van der Waals surface area (Å²) in [5.74, 6) is 0.955. The maximum Gasteiger partial charge on any atom is 0.472 e. The minimum atomic E-state index is -4.96. The van der Waals surface area contributed by atoms with E-state index in [-0.39, 0.29) is 25.7 Å². The van der Waals surface area contributed by atoms with Crippen LogP contribution < -0.4 is 0 Å². The molecule has 0 aromatic carbocycles. The molecular formula is C77H150O17P2. The Labute approximate surface area is 588 Å². The number of ether oxygens (including phenoxy) is 4. The van der Waals surface area contributed by atoms with Gasteiger partial charge in [-0.05, 0) is 49.4 Å². The molecular weight excluding hydrogens is 1260 g/mol. The highest BCUT2D eigenvalue weighted by Gasteiger charge is 2.30. The van der Waals surface area contributed by atoms with Gasteiger partial charge in [0, 0.05) is 25.7 Å². The van der Waals surface area contributed by atoms with Crippen molar-refractivity contribution in [2.24, 2.45) is 23.7 Å². The highest BCUT2D eigenvalue weighted by Crippen LogP contribution is 2.45. The van der Waals surface area contributed by atoms with Gasteiger partial charge in [0.1, 0.15) is 19.3 Å². The third-order valence-electron chi connectivity index (χ3n) is 18.5. The number of esters is 4. The number of rotatable bonds is 74. The summed E-state index contributed by atoms with van der Waals surface area (Å²) in [6, 6.07) is 0. The van der Waals surface area contributed by atoms with Crippen LogP contribution >= 0.6 is 15.6 Å². The van der Waals surface area contributed by atoms with E-state index in [4.69, 9.17) is 37.0 Å². The second-order valence-electron chi connectivity index (χ2n) is 29.2. The van der Waals surface area contributed by atoms with Gasteiger partial charge in [-0.1, -0.05) is 338 Å². The van der Waals surface area contributed by atoms with E-state index in [1.54, 1.807) is 0 Å². The lowest BCUT2D eigenvalue weighted by Gasteiger charge is -2.21. The summed E-state index contributed by atoms with van der Waals surface area (Å²) in [6.45, 7) is 14.2. The van der Waals surface area contributed by atoms with Crippen molar-refractivity contribution in [1.82, 2.24) is 0 Å². The molecule has 0 aliphatic carbocycles. The molecule has 3 N–H and O–H groups in total. The number of carbonyl (C=O) groups is 4. The maximum atomic E-state index is 13.1. The molecule has 0 heterocycles. The first-order chi connectivity index (χ1) is 46.2. The van der Waals surface area contributed by atoms with E-state index in [2.05, 4.69) is 55.4 Å². The van der Waals surface area contributed by atoms with Crippen LogP contribution in [0, 0.1) is 23.7 Å². The predicted molar refractivity (Wildman–Crippen MR) is 391 cm³/mol. The van der Waals surface area contributed by atoms with Crippen molar-refractivity contribution in [2.75, 3.05) is 39.6 Å². The smallest absolute Gasteiger partial charge is 0.462 e. The van der Waals surface area contributed by atoms with Crippen molar-refractivity contribution in [2.45, 2.75) is 408 Å². The Kier molecular flexibility index (Phi) is 65.0. The van der Waals surface area contributed by atoms with Crippen molar-refractivity contribution < 1.29 is 80.2 Å². The van der Waals surface area contributed by atoms with Crippen molar-refractivity contribution in [1.29, 1.82) is 0 Å². The van der Waals surface area contributed by atoms with E-state index in [0.717, 1.165) is 114 Å². The molecule has 570 valence electrons. The Morgan fingerprint density at radius 3 is 0.740 bits per heavy atom. The molecule has 19 heteroatoms. The summed E-state index contributed by atoms with van der Waals surface area (Å²) in [7, 11) is -9.91. The van der Waals surface area contributed by atoms with Gasteiger partial charge in [-0.15, -0.1) is 0 Å². The number of phosphoric acid groups is 2. The Morgan fingerprint density at radius 1 is 0.292 bits per heavy atom. The van der Waals surface area contributed by atoms with Gasteiger partial charge in [-0.25, -0.2) is 9.13 Å². The summed E-state index contributed by atoms with van der Waals surface area (Å²) >= 11 is 0. The van der Waals surface area contributed by atoms with Crippen molar-refractivity contribution in [3.63, 3.8) is 0 Å². The molecule has 0 spiro atoms. The lowest BCUT2D eigenvalue weighted by Crippen LogP contribution is -2.30. The van der Waals surface area contributed by atoms with Crippen LogP contribution in [0.15, 0.2) is 0 Å². The highest BCUT2D eigenvalue weighted by molar-refractivity contribution is 7.47. The molecule has 0 bridgehead atoms. The average Bonchev–Trinajstić information content (AvgIpc) is 1.14. The minimum absolute atomic E-state index is 0.102. The molecule has 0 saturated heterocycles. The van der Waals surface area contributed by atoms with Gasteiger partial charge in [-0.3, -0.25) is 37.3 Å². The SMILES string of the molecule is CCC(C)CCCCCCCCCCCCCCCCC(=O)OC[C@H](COP(=O)(O)OCC(O)COP(=O)(O)OC[C@@H](COC(=O)CCCCCCCCCC(C)C)OC(=O)CCCCCCCCC(C)CC)OC(=O)CCCCCCCCCCCCCCCCCC(C)C. The van der Waals surface area contributed by atoms with E-state index in [0.29, 0.717) is 31.6 Å². The average molecular weight is 1410 g/mol. The topological polar surface area (TPSA) is 237 Å². The molecule has 0 aliphatic rings. The molecule has 0 fully saturated rings. The number of hydrogen-bond donors (Lipinski definition) is 3. The van der Waals surface area contributed by atoms with Crippen molar-refractivity contribution >= 4 is 39.5 Å². The van der Waals surface area contributed by atoms with Crippen LogP contribution in [0.2, 0.25) is 0 Å². The summed E-state index contributed by atoms with van der Waals surface area (Å²) in [4.78, 5) is 72.8. The fourth-order valence-electron chi connectivity index (χ4n) is 11.7. The Balaban J connectivity index is 5.23. The molecule has 0 saturated carbocycles. The van der Waals surface area contributed by atoms with Crippen LogP contribution in [-0.4, -0.2) is 96.7 Å². The van der Waals surface area contributed by atoms with Crippen molar-refractivity contribution in [3.05, 3.63) is 0 Å². The van der Waals surface area contributed by atoms with E-state index < -0.39 is 97.5 Å². The number of carbonyl (C=O) groups excluding carboxylic acids is 4. The first-order valence-corrected chi connectivity index (χ1v) is 42.8. The van der Waals surface area contributed by atoms with Gasteiger partial charge in [0.15, 0.2) is 12.2 Å². The summed E-state index contributed by atoms with van der Waals surface area (Å²) in [5.41, 5.74) is 0. The van der Waals surface area contributed by atoms with Gasteiger partial charge in [-0.2, -0.15) is 0 Å². The lowest BCUT2D eigenvalue weighted by atomic mass is 9.99. The Hall–Kier alpha value is -1.94. The first kappa shape index (κ1) is 94.1. The zero-order valence-electron chi connectivity index (χ0n) is 63.0. The summed E-state index contributed by atoms with van der Waals surface area (Å²) in [5, 5.41) is 10.6. The van der Waals surface area contributed by atoms with E-state index in [1.807, 2.05) is 0 Å². The molecule has 96 heavy (non-hydrogen) atoms. The third-order valence-corrected chi connectivity index (χ3v) is 20.4. The molecule has 0 radical (unpaired) electrons. The molecule has 7 atom stereocenters. The zero-order valence-corrected chi connectivity index (χ0v) is 64.8. The largest absolute Gasteiger partial charge is 0.472 e. The molecule has 17 nitrogen and oxygen atoms in total. The monoisotopic (exact) mass is 1410 g/mol. The van der Waals surface area contributed by atoms with E-state index in [9.17, 15) is 43.2 Å². The number of unbranched alkanes of at least 4 members (excludes halogenated alkanes) is 38. The summed E-state index contributed by atoms with van der Waals surface area (Å²) < 4.78 is 68.5. The summed E-state index contributed by atoms with van der Waals surface area (Å²) in [6.07, 6.45) is 51.5. The lowest BCUT2D eigenvalue weighted by molar-refractivity contribution is -0.161. The zero-order chi connectivity index (χ0) is 71.0. The number of hydrogen-bond acceptors (Lipinski definition) is 15. The molecule has 5 unspecified atom stereocenters. The number of aliphatic hydroxyl groups excluding tert-OH is 1. The van der Waals surface area contributed by atoms with Gasteiger partial charge < -0.3 is 33.8 Å². The maximum absolute atomic E-state index is 13.1. The van der Waals surface area contributed by atoms with Crippen LogP contribution in [0.3, 0.4) is 0 Å². The second-order valence-corrected chi connectivity index (χ2v) is 32.1. The molecule has 0 amide bonds. The van der Waals surface area contributed by atoms with E-state index >= 15 is 0 Å². The Morgan fingerprint density at radius 2 is 0.500 bits per heavy atom. The molecule has 0 aromatic rings.